The summed E-state index contributed by atoms with van der Waals surface area (Å²) in [6, 6.07) is 0. The van der Waals surface area contributed by atoms with Crippen molar-refractivity contribution in [1.29, 1.82) is 0 Å². The third-order valence-corrected chi connectivity index (χ3v) is 0.387. The minimum absolute atomic E-state index is 0.551. The number of nitrogens with two attached hydrogens (primary N) is 1. The first-order chi connectivity index (χ1) is 1.91. The summed E-state index contributed by atoms with van der Waals surface area (Å²) in [5.41, 5.74) is 0. The molecule has 0 heterocycles. The van der Waals surface area contributed by atoms with Crippen LogP contribution in [-0.2, 0) is 0 Å². The Kier molecular flexibility index (Phi) is 4.18. The first kappa shape index (κ1) is 4.62. The molecule has 0 aliphatic carbocycles. The molecule has 4 heteroatoms. The van der Waals surface area contributed by atoms with Crippen molar-refractivity contribution >= 4 is 22.1 Å². The molecule has 0 aliphatic heterocycles. The quantitative estimate of drug-likeness (QED) is 0.287. The van der Waals surface area contributed by atoms with Gasteiger partial charge in [0, 0.05) is 11.0 Å². The van der Waals surface area contributed by atoms with Crippen LogP contribution in [0.25, 0.3) is 0 Å². The third kappa shape index (κ3) is 2.62. The van der Waals surface area contributed by atoms with Crippen LogP contribution in [0, 0.1) is 0 Å². The van der Waals surface area contributed by atoms with Gasteiger partial charge < -0.3 is 4.55 Å². The van der Waals surface area contributed by atoms with Gasteiger partial charge in [-0.2, -0.15) is 0 Å². The van der Waals surface area contributed by atoms with E-state index in [9.17, 15) is 0 Å². The molecular formula is H3NOS2. The van der Waals surface area contributed by atoms with E-state index < -0.39 is 0 Å². The van der Waals surface area contributed by atoms with Gasteiger partial charge in [0.25, 0.3) is 0 Å². The molecule has 0 bridgehead atoms. The van der Waals surface area contributed by atoms with Gasteiger partial charge >= 0.3 is 0 Å². The highest BCUT2D eigenvalue weighted by molar-refractivity contribution is 8.73. The van der Waals surface area contributed by atoms with Gasteiger partial charge in [0.15, 0.2) is 0 Å². The zero-order valence-electron chi connectivity index (χ0n) is 1.84. The molecule has 0 saturated heterocycles. The molecule has 0 atom stereocenters. The summed E-state index contributed by atoms with van der Waals surface area (Å²) in [6.45, 7) is 0. The van der Waals surface area contributed by atoms with E-state index >= 15 is 0 Å². The summed E-state index contributed by atoms with van der Waals surface area (Å²) < 4.78 is 7.63. The standard InChI is InChI=1S/H3NOS2/c1-3-4-2/h2H,1H2. The Morgan fingerprint density at radius 3 is 2.00 bits per heavy atom. The predicted octanol–water partition coefficient (Wildman–Crippen LogP) is 0.715. The molecule has 0 unspecified atom stereocenters. The fourth-order valence-corrected chi connectivity index (χ4v) is 0. The lowest BCUT2D eigenvalue weighted by Gasteiger charge is -1.68. The van der Waals surface area contributed by atoms with E-state index in [0.717, 1.165) is 11.0 Å². The number of rotatable bonds is 1. The van der Waals surface area contributed by atoms with Gasteiger partial charge in [-0.05, 0) is 0 Å². The third-order valence-electron chi connectivity index (χ3n) is 0.0430. The van der Waals surface area contributed by atoms with Crippen LogP contribution in [0.5, 0.6) is 0 Å². The molecule has 0 aromatic rings. The highest BCUT2D eigenvalue weighted by atomic mass is 33.1. The van der Waals surface area contributed by atoms with Gasteiger partial charge in [-0.15, -0.1) is 0 Å². The Bertz CT molecular complexity index is 8.00. The van der Waals surface area contributed by atoms with Crippen molar-refractivity contribution in [3.05, 3.63) is 0 Å². The van der Waals surface area contributed by atoms with Crippen LogP contribution in [0.15, 0.2) is 0 Å². The second-order valence-electron chi connectivity index (χ2n) is 0.171. The van der Waals surface area contributed by atoms with Gasteiger partial charge in [-0.1, -0.05) is 0 Å². The first-order valence-corrected chi connectivity index (χ1v) is 2.75. The molecule has 0 fully saturated rings. The van der Waals surface area contributed by atoms with Gasteiger partial charge in [-0.3, -0.25) is 5.14 Å². The fourth-order valence-electron chi connectivity index (χ4n) is 0. The molecule has 0 radical (unpaired) electrons. The van der Waals surface area contributed by atoms with Crippen LogP contribution in [0.1, 0.15) is 0 Å². The summed E-state index contributed by atoms with van der Waals surface area (Å²) in [7, 11) is 0.829. The van der Waals surface area contributed by atoms with E-state index in [4.69, 9.17) is 4.55 Å². The van der Waals surface area contributed by atoms with E-state index in [-0.39, 0.29) is 0 Å². The van der Waals surface area contributed by atoms with Crippen LogP contribution >= 0.6 is 22.1 Å². The van der Waals surface area contributed by atoms with Gasteiger partial charge in [0.2, 0.25) is 0 Å². The van der Waals surface area contributed by atoms with Crippen molar-refractivity contribution < 1.29 is 4.55 Å². The van der Waals surface area contributed by atoms with Crippen molar-refractivity contribution in [3.8, 4) is 0 Å². The van der Waals surface area contributed by atoms with Gasteiger partial charge in [0.05, 0.1) is 11.1 Å². The van der Waals surface area contributed by atoms with Gasteiger partial charge in [0.1, 0.15) is 0 Å². The largest absolute Gasteiger partial charge is 0.320 e. The minimum Gasteiger partial charge on any atom is -0.320 e. The lowest BCUT2D eigenvalue weighted by molar-refractivity contribution is 0.676. The van der Waals surface area contributed by atoms with Crippen molar-refractivity contribution in [2.75, 3.05) is 0 Å². The SMILES string of the molecule is NSSO. The van der Waals surface area contributed by atoms with Crippen LogP contribution in [-0.4, -0.2) is 4.55 Å². The Morgan fingerprint density at radius 2 is 2.00 bits per heavy atom. The molecular weight excluding hydrogens is 94.1 g/mol. The average molecular weight is 97.2 g/mol. The maximum atomic E-state index is 7.63. The molecule has 0 amide bonds. The Hall–Kier alpha value is 0.620. The normalized spacial score (nSPS) is 7.50. The minimum atomic E-state index is 0.551. The van der Waals surface area contributed by atoms with Crippen molar-refractivity contribution in [3.63, 3.8) is 0 Å². The van der Waals surface area contributed by atoms with Crippen LogP contribution < -0.4 is 5.14 Å². The lowest BCUT2D eigenvalue weighted by Crippen LogP contribution is -1.63. The highest BCUT2D eigenvalue weighted by Gasteiger charge is 1.58. The molecule has 2 nitrogen and oxygen atoms in total. The summed E-state index contributed by atoms with van der Waals surface area (Å²) in [4.78, 5) is 0. The maximum absolute atomic E-state index is 7.63. The zero-order chi connectivity index (χ0) is 3.41. The second-order valence-corrected chi connectivity index (χ2v) is 1.54. The Balaban J connectivity index is 1.97. The second kappa shape index (κ2) is 3.62. The molecule has 0 spiro atoms. The van der Waals surface area contributed by atoms with E-state index in [0.29, 0.717) is 11.1 Å². The van der Waals surface area contributed by atoms with Crippen LogP contribution in [0.2, 0.25) is 0 Å². The maximum Gasteiger partial charge on any atom is 0.0759 e. The molecule has 0 aromatic carbocycles. The first-order valence-electron chi connectivity index (χ1n) is 0.585. The highest BCUT2D eigenvalue weighted by Crippen LogP contribution is 2.03. The van der Waals surface area contributed by atoms with E-state index in [1.807, 2.05) is 0 Å². The van der Waals surface area contributed by atoms with E-state index in [2.05, 4.69) is 5.14 Å². The van der Waals surface area contributed by atoms with Crippen LogP contribution in [0.3, 0.4) is 0 Å². The van der Waals surface area contributed by atoms with Crippen LogP contribution in [0.4, 0.5) is 0 Å². The predicted molar refractivity (Wildman–Crippen MR) is 22.0 cm³/mol. The molecule has 3 N–H and O–H groups in total. The topological polar surface area (TPSA) is 46.2 Å². The fraction of sp³-hybridized carbons (Fsp3) is 0. The van der Waals surface area contributed by atoms with Crippen molar-refractivity contribution in [2.45, 2.75) is 0 Å². The molecule has 26 valence electrons. The summed E-state index contributed by atoms with van der Waals surface area (Å²) in [5.74, 6) is 0. The van der Waals surface area contributed by atoms with E-state index in [1.54, 1.807) is 0 Å². The molecule has 0 rings (SSSR count). The monoisotopic (exact) mass is 97.0 g/mol. The average Bonchev–Trinajstić information content (AvgIpc) is 1.37. The van der Waals surface area contributed by atoms with E-state index in [1.165, 1.54) is 0 Å². The Labute approximate surface area is 32.5 Å². The summed E-state index contributed by atoms with van der Waals surface area (Å²) >= 11 is 0.551. The lowest BCUT2D eigenvalue weighted by atomic mass is 14.0. The Morgan fingerprint density at radius 1 is 1.75 bits per heavy atom. The van der Waals surface area contributed by atoms with Gasteiger partial charge in [-0.25, -0.2) is 0 Å². The smallest absolute Gasteiger partial charge is 0.0759 e. The number of hydrogen-bond donors (Lipinski definition) is 2. The molecule has 0 aromatic heterocycles. The molecule has 0 saturated carbocycles. The van der Waals surface area contributed by atoms with Crippen molar-refractivity contribution in [2.24, 2.45) is 5.14 Å². The number of hydrogen-bond acceptors (Lipinski definition) is 4. The van der Waals surface area contributed by atoms with Crippen molar-refractivity contribution in [1.82, 2.24) is 0 Å². The molecule has 4 heavy (non-hydrogen) atoms. The summed E-state index contributed by atoms with van der Waals surface area (Å²) in [6.07, 6.45) is 0. The zero-order valence-corrected chi connectivity index (χ0v) is 3.47. The molecule has 0 aliphatic rings. The summed E-state index contributed by atoms with van der Waals surface area (Å²) in [5, 5.41) is 4.66.